The van der Waals surface area contributed by atoms with Crippen molar-refractivity contribution in [2.75, 3.05) is 6.73 Å². The molecule has 0 N–H and O–H groups in total. The third-order valence-corrected chi connectivity index (χ3v) is 0.412. The maximum atomic E-state index is 4.60. The summed E-state index contributed by atoms with van der Waals surface area (Å²) >= 11 is 0. The fourth-order valence-electron chi connectivity index (χ4n) is 0.215. The zero-order valence-electron chi connectivity index (χ0n) is 2.72. The summed E-state index contributed by atoms with van der Waals surface area (Å²) in [5.41, 5.74) is 0. The number of ether oxygens (including phenoxy) is 1. The lowest BCUT2D eigenvalue weighted by Gasteiger charge is -1.79. The highest BCUT2D eigenvalue weighted by Gasteiger charge is 1.83. The number of rotatable bonds is 0. The topological polar surface area (TPSA) is 23.3 Å². The van der Waals surface area contributed by atoms with E-state index in [2.05, 4.69) is 10.1 Å². The molecule has 5 heavy (non-hydrogen) atoms. The van der Waals surface area contributed by atoms with E-state index in [0.717, 1.165) is 0 Å². The van der Waals surface area contributed by atoms with Gasteiger partial charge in [-0.25, -0.2) is 0 Å². The molecule has 1 aliphatic heterocycles. The number of hydrogen-bond acceptors (Lipinski definition) is 1. The van der Waals surface area contributed by atoms with Gasteiger partial charge in [0.05, 0.1) is 6.20 Å². The van der Waals surface area contributed by atoms with E-state index in [0.29, 0.717) is 6.73 Å². The van der Waals surface area contributed by atoms with Gasteiger partial charge in [-0.15, -0.1) is 0 Å². The lowest BCUT2D eigenvalue weighted by Crippen LogP contribution is -1.88. The monoisotopic (exact) mass is 70.0 g/mol. The summed E-state index contributed by atoms with van der Waals surface area (Å²) in [4.78, 5) is 0. The molecule has 1 aliphatic rings. The maximum Gasteiger partial charge on any atom is 0.178 e. The van der Waals surface area contributed by atoms with E-state index in [4.69, 9.17) is 0 Å². The van der Waals surface area contributed by atoms with Crippen molar-refractivity contribution in [2.45, 2.75) is 0 Å². The van der Waals surface area contributed by atoms with E-state index in [-0.39, 0.29) is 0 Å². The molecule has 0 aliphatic carbocycles. The minimum Gasteiger partial charge on any atom is -0.477 e. The third kappa shape index (κ3) is 0.318. The molecule has 1 rings (SSSR count). The van der Waals surface area contributed by atoms with Gasteiger partial charge in [-0.2, -0.15) is 0 Å². The fraction of sp³-hybridized carbons (Fsp3) is 0.333. The standard InChI is InChI=1S/C3H4NO/c1-2-5-3-4-1/h1-2H,3H2. The van der Waals surface area contributed by atoms with E-state index in [1.807, 2.05) is 0 Å². The van der Waals surface area contributed by atoms with Gasteiger partial charge in [-0.1, -0.05) is 0 Å². The summed E-state index contributed by atoms with van der Waals surface area (Å²) in [6, 6.07) is 0. The van der Waals surface area contributed by atoms with Gasteiger partial charge in [-0.3, -0.25) is 5.32 Å². The molecule has 0 amide bonds. The molecule has 0 aromatic heterocycles. The number of nitrogens with zero attached hydrogens (tertiary/aromatic N) is 1. The van der Waals surface area contributed by atoms with Crippen molar-refractivity contribution < 1.29 is 4.74 Å². The van der Waals surface area contributed by atoms with E-state index in [9.17, 15) is 0 Å². The quantitative estimate of drug-likeness (QED) is 0.395. The van der Waals surface area contributed by atoms with Crippen molar-refractivity contribution in [3.05, 3.63) is 12.5 Å². The van der Waals surface area contributed by atoms with E-state index >= 15 is 0 Å². The molecule has 2 heteroatoms. The first kappa shape index (κ1) is 2.57. The molecule has 0 bridgehead atoms. The van der Waals surface area contributed by atoms with E-state index in [1.54, 1.807) is 12.5 Å². The largest absolute Gasteiger partial charge is 0.477 e. The van der Waals surface area contributed by atoms with Gasteiger partial charge >= 0.3 is 0 Å². The van der Waals surface area contributed by atoms with Crippen LogP contribution >= 0.6 is 0 Å². The highest BCUT2D eigenvalue weighted by Crippen LogP contribution is 1.81. The smallest absolute Gasteiger partial charge is 0.178 e. The second kappa shape index (κ2) is 0.971. The summed E-state index contributed by atoms with van der Waals surface area (Å²) in [5.74, 6) is 0. The van der Waals surface area contributed by atoms with Gasteiger partial charge in [-0.05, 0) is 0 Å². The molecule has 0 aromatic rings. The van der Waals surface area contributed by atoms with Crippen LogP contribution in [0.1, 0.15) is 0 Å². The average molecular weight is 70.1 g/mol. The maximum absolute atomic E-state index is 4.60. The zero-order chi connectivity index (χ0) is 3.54. The summed E-state index contributed by atoms with van der Waals surface area (Å²) < 4.78 is 4.60. The van der Waals surface area contributed by atoms with Gasteiger partial charge < -0.3 is 4.74 Å². The van der Waals surface area contributed by atoms with Crippen LogP contribution in [0.25, 0.3) is 0 Å². The van der Waals surface area contributed by atoms with Crippen molar-refractivity contribution in [1.82, 2.24) is 5.32 Å². The summed E-state index contributed by atoms with van der Waals surface area (Å²) in [6.45, 7) is 0.514. The Balaban J connectivity index is 2.32. The molecule has 27 valence electrons. The molecular formula is C3H4NO. The Kier molecular flexibility index (Phi) is 0.499. The molecule has 0 aromatic carbocycles. The van der Waals surface area contributed by atoms with Crippen LogP contribution < -0.4 is 5.32 Å². The van der Waals surface area contributed by atoms with Gasteiger partial charge in [0.15, 0.2) is 6.73 Å². The van der Waals surface area contributed by atoms with Crippen LogP contribution in [0, 0.1) is 0 Å². The normalized spacial score (nSPS) is 17.6. The first-order valence-electron chi connectivity index (χ1n) is 1.43. The first-order chi connectivity index (χ1) is 2.50. The molecule has 1 heterocycles. The second-order valence-electron chi connectivity index (χ2n) is 0.763. The molecule has 0 spiro atoms. The zero-order valence-corrected chi connectivity index (χ0v) is 2.72. The minimum atomic E-state index is 0.514. The highest BCUT2D eigenvalue weighted by molar-refractivity contribution is 4.72. The second-order valence-corrected chi connectivity index (χ2v) is 0.763. The molecule has 0 fully saturated rings. The van der Waals surface area contributed by atoms with Crippen molar-refractivity contribution >= 4 is 0 Å². The molecule has 0 saturated carbocycles. The van der Waals surface area contributed by atoms with E-state index in [1.165, 1.54) is 0 Å². The molecule has 0 atom stereocenters. The van der Waals surface area contributed by atoms with Crippen molar-refractivity contribution in [2.24, 2.45) is 0 Å². The highest BCUT2D eigenvalue weighted by atomic mass is 16.5. The summed E-state index contributed by atoms with van der Waals surface area (Å²) in [5, 5.41) is 3.68. The van der Waals surface area contributed by atoms with E-state index < -0.39 is 0 Å². The predicted molar refractivity (Wildman–Crippen MR) is 17.2 cm³/mol. The Labute approximate surface area is 30.4 Å². The van der Waals surface area contributed by atoms with Gasteiger partial charge in [0, 0.05) is 0 Å². The molecule has 1 radical (unpaired) electrons. The van der Waals surface area contributed by atoms with Crippen LogP contribution in [0.2, 0.25) is 0 Å². The van der Waals surface area contributed by atoms with Crippen molar-refractivity contribution in [3.8, 4) is 0 Å². The molecule has 0 unspecified atom stereocenters. The Hall–Kier alpha value is -0.660. The minimum absolute atomic E-state index is 0.514. The lowest BCUT2D eigenvalue weighted by atomic mass is 11.0. The van der Waals surface area contributed by atoms with Crippen LogP contribution in [0.3, 0.4) is 0 Å². The van der Waals surface area contributed by atoms with Crippen LogP contribution in [-0.2, 0) is 4.74 Å². The van der Waals surface area contributed by atoms with Crippen LogP contribution in [0.15, 0.2) is 12.5 Å². The number of hydrogen-bond donors (Lipinski definition) is 0. The third-order valence-electron chi connectivity index (χ3n) is 0.412. The van der Waals surface area contributed by atoms with Crippen molar-refractivity contribution in [3.63, 3.8) is 0 Å². The SMILES string of the molecule is C1=COC[N]1. The van der Waals surface area contributed by atoms with Crippen LogP contribution in [-0.4, -0.2) is 6.73 Å². The Morgan fingerprint density at radius 2 is 2.80 bits per heavy atom. The Bertz CT molecular complexity index is 44.9. The van der Waals surface area contributed by atoms with Gasteiger partial charge in [0.2, 0.25) is 0 Å². The van der Waals surface area contributed by atoms with Gasteiger partial charge in [0.1, 0.15) is 6.26 Å². The predicted octanol–water partition coefficient (Wildman–Crippen LogP) is 0.0497. The molecule has 2 nitrogen and oxygen atoms in total. The van der Waals surface area contributed by atoms with Crippen LogP contribution in [0.4, 0.5) is 0 Å². The summed E-state index contributed by atoms with van der Waals surface area (Å²) in [7, 11) is 0. The fourth-order valence-corrected chi connectivity index (χ4v) is 0.215. The van der Waals surface area contributed by atoms with Crippen molar-refractivity contribution in [1.29, 1.82) is 0 Å². The average Bonchev–Trinajstić information content (AvgIpc) is 1.76. The Morgan fingerprint density at radius 3 is 3.00 bits per heavy atom. The Morgan fingerprint density at radius 1 is 1.80 bits per heavy atom. The summed E-state index contributed by atoms with van der Waals surface area (Å²) in [6.07, 6.45) is 3.21. The first-order valence-corrected chi connectivity index (χ1v) is 1.43. The van der Waals surface area contributed by atoms with Crippen LogP contribution in [0.5, 0.6) is 0 Å². The van der Waals surface area contributed by atoms with Gasteiger partial charge in [0.25, 0.3) is 0 Å². The molecule has 0 saturated heterocycles. The molecular weight excluding hydrogens is 66.0 g/mol. The lowest BCUT2D eigenvalue weighted by molar-refractivity contribution is 0.265.